The van der Waals surface area contributed by atoms with Crippen LogP contribution in [0, 0.1) is 0 Å². The normalized spacial score (nSPS) is 13.3. The van der Waals surface area contributed by atoms with E-state index in [9.17, 15) is 9.13 Å². The second-order valence-corrected chi connectivity index (χ2v) is 3.76. The van der Waals surface area contributed by atoms with E-state index in [1.165, 1.54) is 0 Å². The predicted octanol–water partition coefficient (Wildman–Crippen LogP) is 2.44. The molecule has 4 N–H and O–H groups in total. The molecular formula is C6H14O7P2+2. The topological polar surface area (TPSA) is 124 Å². The van der Waals surface area contributed by atoms with Gasteiger partial charge in [-0.1, -0.05) is 13.8 Å². The number of aliphatic hydroxyl groups excluding tert-OH is 2. The summed E-state index contributed by atoms with van der Waals surface area (Å²) >= 11 is 0. The first-order valence-electron chi connectivity index (χ1n) is 3.95. The molecule has 0 bridgehead atoms. The molecule has 0 spiro atoms. The quantitative estimate of drug-likeness (QED) is 0.451. The van der Waals surface area contributed by atoms with E-state index < -0.39 is 16.5 Å². The Morgan fingerprint density at radius 2 is 1.27 bits per heavy atom. The van der Waals surface area contributed by atoms with Crippen molar-refractivity contribution in [2.45, 2.75) is 26.7 Å². The first kappa shape index (κ1) is 16.8. The summed E-state index contributed by atoms with van der Waals surface area (Å²) in [5.74, 6) is 0.208. The third kappa shape index (κ3) is 13.4. The molecule has 0 aromatic carbocycles. The molecule has 0 saturated carbocycles. The third-order valence-corrected chi connectivity index (χ3v) is 2.26. The highest BCUT2D eigenvalue weighted by molar-refractivity contribution is 7.46. The summed E-state index contributed by atoms with van der Waals surface area (Å²) < 4.78 is 22.2. The molecule has 0 aromatic rings. The molecule has 2 unspecified atom stereocenters. The van der Waals surface area contributed by atoms with E-state index in [1.807, 2.05) is 0 Å². The molecule has 0 heterocycles. The Bertz CT molecular complexity index is 226. The zero-order chi connectivity index (χ0) is 12.4. The highest BCUT2D eigenvalue weighted by atomic mass is 31.2. The van der Waals surface area contributed by atoms with E-state index in [0.29, 0.717) is 12.8 Å². The van der Waals surface area contributed by atoms with Crippen molar-refractivity contribution < 1.29 is 33.4 Å². The van der Waals surface area contributed by atoms with Crippen LogP contribution in [-0.4, -0.2) is 20.0 Å². The highest BCUT2D eigenvalue weighted by Crippen LogP contribution is 2.30. The molecule has 0 radical (unpaired) electrons. The summed E-state index contributed by atoms with van der Waals surface area (Å²) in [5, 5.41) is 17.5. The van der Waals surface area contributed by atoms with Crippen LogP contribution < -0.4 is 0 Å². The van der Waals surface area contributed by atoms with Crippen molar-refractivity contribution in [1.82, 2.24) is 0 Å². The molecule has 0 rings (SSSR count). The molecule has 88 valence electrons. The minimum Gasteiger partial charge on any atom is -0.509 e. The van der Waals surface area contributed by atoms with Crippen LogP contribution >= 0.6 is 16.5 Å². The Labute approximate surface area is 88.9 Å². The minimum absolute atomic E-state index is 0.104. The van der Waals surface area contributed by atoms with Gasteiger partial charge in [-0.2, -0.15) is 0 Å². The minimum atomic E-state index is -2.92. The maximum atomic E-state index is 9.39. The molecule has 0 saturated heterocycles. The van der Waals surface area contributed by atoms with E-state index in [4.69, 9.17) is 20.0 Å². The van der Waals surface area contributed by atoms with E-state index in [1.54, 1.807) is 13.8 Å². The average molecular weight is 260 g/mol. The smallest absolute Gasteiger partial charge is 0.509 e. The van der Waals surface area contributed by atoms with Gasteiger partial charge in [0.1, 0.15) is 11.5 Å². The summed E-state index contributed by atoms with van der Waals surface area (Å²) in [6.45, 7) is 3.59. The Balaban J connectivity index is 0. The lowest BCUT2D eigenvalue weighted by atomic mass is 10.3. The van der Waals surface area contributed by atoms with Gasteiger partial charge in [-0.3, -0.25) is 0 Å². The average Bonchev–Trinajstić information content (AvgIpc) is 2.14. The van der Waals surface area contributed by atoms with Crippen LogP contribution in [0.2, 0.25) is 0 Å². The van der Waals surface area contributed by atoms with Gasteiger partial charge >= 0.3 is 16.5 Å². The first-order valence-corrected chi connectivity index (χ1v) is 6.21. The second kappa shape index (κ2) is 9.96. The molecule has 15 heavy (non-hydrogen) atoms. The molecule has 0 aliphatic rings. The molecule has 0 fully saturated rings. The molecule has 2 atom stereocenters. The molecule has 0 aliphatic carbocycles. The molecule has 9 heteroatoms. The van der Waals surface area contributed by atoms with Crippen molar-refractivity contribution in [1.29, 1.82) is 0 Å². The van der Waals surface area contributed by atoms with Crippen molar-refractivity contribution in [2.75, 3.05) is 0 Å². The number of allylic oxidation sites excluding steroid dienone is 2. The molecule has 0 aromatic heterocycles. The van der Waals surface area contributed by atoms with E-state index >= 15 is 0 Å². The van der Waals surface area contributed by atoms with Crippen molar-refractivity contribution >= 4 is 16.5 Å². The Morgan fingerprint density at radius 1 is 1.00 bits per heavy atom. The fourth-order valence-electron chi connectivity index (χ4n) is 0.468. The lowest BCUT2D eigenvalue weighted by Gasteiger charge is -1.96. The summed E-state index contributed by atoms with van der Waals surface area (Å²) in [5.41, 5.74) is 0. The van der Waals surface area contributed by atoms with Crippen molar-refractivity contribution in [3.63, 3.8) is 0 Å². The van der Waals surface area contributed by atoms with Crippen molar-refractivity contribution in [3.8, 4) is 0 Å². The van der Waals surface area contributed by atoms with Gasteiger partial charge in [-0.15, -0.1) is 9.79 Å². The molecule has 7 nitrogen and oxygen atoms in total. The van der Waals surface area contributed by atoms with E-state index in [2.05, 4.69) is 4.31 Å². The van der Waals surface area contributed by atoms with Crippen LogP contribution in [0.5, 0.6) is 0 Å². The maximum absolute atomic E-state index is 9.39. The monoisotopic (exact) mass is 260 g/mol. The van der Waals surface area contributed by atoms with E-state index in [-0.39, 0.29) is 11.5 Å². The zero-order valence-electron chi connectivity index (χ0n) is 8.32. The number of aliphatic hydroxyl groups is 2. The lowest BCUT2D eigenvalue weighted by molar-refractivity contribution is 0.305. The van der Waals surface area contributed by atoms with Gasteiger partial charge in [0.05, 0.1) is 0 Å². The molecule has 0 aliphatic heterocycles. The highest BCUT2D eigenvalue weighted by Gasteiger charge is 2.31. The summed E-state index contributed by atoms with van der Waals surface area (Å²) in [6.07, 6.45) is 1.03. The van der Waals surface area contributed by atoms with Crippen LogP contribution in [-0.2, 0) is 13.4 Å². The Morgan fingerprint density at radius 3 is 1.33 bits per heavy atom. The van der Waals surface area contributed by atoms with Crippen LogP contribution in [0.1, 0.15) is 26.7 Å². The van der Waals surface area contributed by atoms with Gasteiger partial charge in [0.15, 0.2) is 4.31 Å². The van der Waals surface area contributed by atoms with Crippen molar-refractivity contribution in [2.24, 2.45) is 0 Å². The van der Waals surface area contributed by atoms with E-state index in [0.717, 1.165) is 0 Å². The fraction of sp³-hybridized carbons (Fsp3) is 0.667. The largest absolute Gasteiger partial charge is 0.745 e. The van der Waals surface area contributed by atoms with Crippen LogP contribution in [0.15, 0.2) is 11.5 Å². The summed E-state index contributed by atoms with van der Waals surface area (Å²) in [7, 11) is -5.85. The first-order chi connectivity index (χ1) is 6.84. The SMILES string of the molecule is CCC(O)=C(O)CC.O=[P+](O)O[P+](=O)O. The predicted molar refractivity (Wildman–Crippen MR) is 53.6 cm³/mol. The lowest BCUT2D eigenvalue weighted by Crippen LogP contribution is -1.86. The number of rotatable bonds is 4. The Kier molecular flexibility index (Phi) is 11.2. The summed E-state index contributed by atoms with van der Waals surface area (Å²) in [4.78, 5) is 15.3. The van der Waals surface area contributed by atoms with Crippen LogP contribution in [0.4, 0.5) is 0 Å². The standard InChI is InChI=1S/C6H12O2.O5P2/c1-3-5(7)6(8)4-2;1-6(2)5-7(3)4/h7-8H,3-4H2,1-2H3;/p+2. The fourth-order valence-corrected chi connectivity index (χ4v) is 0.946. The molecule has 0 amide bonds. The van der Waals surface area contributed by atoms with Crippen LogP contribution in [0.25, 0.3) is 0 Å². The van der Waals surface area contributed by atoms with Gasteiger partial charge in [0.2, 0.25) is 0 Å². The molecular weight excluding hydrogens is 246 g/mol. The van der Waals surface area contributed by atoms with Gasteiger partial charge < -0.3 is 10.2 Å². The van der Waals surface area contributed by atoms with Gasteiger partial charge in [-0.25, -0.2) is 0 Å². The zero-order valence-corrected chi connectivity index (χ0v) is 10.1. The second-order valence-electron chi connectivity index (χ2n) is 2.16. The third-order valence-electron chi connectivity index (χ3n) is 1.14. The number of hydrogen-bond donors (Lipinski definition) is 4. The van der Waals surface area contributed by atoms with Gasteiger partial charge in [-0.05, 0) is 0 Å². The van der Waals surface area contributed by atoms with Crippen LogP contribution in [0.3, 0.4) is 0 Å². The maximum Gasteiger partial charge on any atom is 0.745 e. The van der Waals surface area contributed by atoms with Gasteiger partial charge in [0, 0.05) is 22.0 Å². The number of hydrogen-bond acceptors (Lipinski definition) is 5. The Hall–Kier alpha value is -0.580. The summed E-state index contributed by atoms with van der Waals surface area (Å²) in [6, 6.07) is 0. The van der Waals surface area contributed by atoms with Gasteiger partial charge in [0.25, 0.3) is 0 Å². The van der Waals surface area contributed by atoms with Crippen molar-refractivity contribution in [3.05, 3.63) is 11.5 Å².